The van der Waals surface area contributed by atoms with E-state index in [0.717, 1.165) is 59.0 Å². The normalized spacial score (nSPS) is 18.8. The van der Waals surface area contributed by atoms with Crippen LogP contribution in [0.25, 0.3) is 11.1 Å². The van der Waals surface area contributed by atoms with Crippen LogP contribution in [-0.4, -0.2) is 22.1 Å². The molecule has 4 rings (SSSR count). The van der Waals surface area contributed by atoms with Crippen molar-refractivity contribution in [3.05, 3.63) is 70.5 Å². The van der Waals surface area contributed by atoms with Gasteiger partial charge in [-0.05, 0) is 67.1 Å². The summed E-state index contributed by atoms with van der Waals surface area (Å²) in [7, 11) is 0. The minimum Gasteiger partial charge on any atom is -0.367 e. The van der Waals surface area contributed by atoms with Gasteiger partial charge in [-0.3, -0.25) is 0 Å². The maximum atomic E-state index is 6.47. The van der Waals surface area contributed by atoms with Crippen LogP contribution in [0.15, 0.2) is 54.9 Å². The van der Waals surface area contributed by atoms with Crippen molar-refractivity contribution in [2.24, 2.45) is 5.73 Å². The Balaban J connectivity index is 1.47. The number of pyridine rings is 2. The minimum atomic E-state index is 0.326. The van der Waals surface area contributed by atoms with E-state index in [9.17, 15) is 0 Å². The van der Waals surface area contributed by atoms with Gasteiger partial charge < -0.3 is 16.4 Å². The van der Waals surface area contributed by atoms with Crippen LogP contribution in [0, 0.1) is 0 Å². The lowest BCUT2D eigenvalue weighted by molar-refractivity contribution is 0.410. The van der Waals surface area contributed by atoms with Crippen LogP contribution in [0.5, 0.6) is 0 Å². The monoisotopic (exact) mass is 441 g/mol. The Morgan fingerprint density at radius 2 is 1.70 bits per heavy atom. The van der Waals surface area contributed by atoms with Crippen LogP contribution in [0.1, 0.15) is 31.2 Å². The van der Waals surface area contributed by atoms with E-state index in [1.54, 1.807) is 12.4 Å². The first-order chi connectivity index (χ1) is 14.6. The number of rotatable bonds is 6. The van der Waals surface area contributed by atoms with Gasteiger partial charge in [0.2, 0.25) is 0 Å². The molecule has 0 unspecified atom stereocenters. The SMILES string of the molecule is NC1CCC(Nc2cc(-c3ccnc(NCc4ccc(Cl)cc4)c3)c(Cl)cn2)CC1. The molecule has 1 aromatic carbocycles. The summed E-state index contributed by atoms with van der Waals surface area (Å²) in [4.78, 5) is 8.89. The van der Waals surface area contributed by atoms with Crippen molar-refractivity contribution in [3.63, 3.8) is 0 Å². The molecule has 2 aromatic heterocycles. The van der Waals surface area contributed by atoms with Gasteiger partial charge in [-0.15, -0.1) is 0 Å². The molecule has 5 nitrogen and oxygen atoms in total. The maximum absolute atomic E-state index is 6.47. The van der Waals surface area contributed by atoms with Crippen molar-refractivity contribution in [2.75, 3.05) is 10.6 Å². The Bertz CT molecular complexity index is 985. The van der Waals surface area contributed by atoms with Gasteiger partial charge in [0.25, 0.3) is 0 Å². The van der Waals surface area contributed by atoms with Crippen molar-refractivity contribution < 1.29 is 0 Å². The van der Waals surface area contributed by atoms with Crippen LogP contribution in [-0.2, 0) is 6.54 Å². The molecule has 1 saturated carbocycles. The molecular weight excluding hydrogens is 417 g/mol. The third kappa shape index (κ3) is 5.42. The van der Waals surface area contributed by atoms with Crippen LogP contribution < -0.4 is 16.4 Å². The topological polar surface area (TPSA) is 75.9 Å². The van der Waals surface area contributed by atoms with E-state index in [1.165, 1.54) is 0 Å². The van der Waals surface area contributed by atoms with Crippen molar-refractivity contribution in [3.8, 4) is 11.1 Å². The second-order valence-electron chi connectivity index (χ2n) is 7.72. The van der Waals surface area contributed by atoms with E-state index >= 15 is 0 Å². The smallest absolute Gasteiger partial charge is 0.126 e. The molecule has 1 fully saturated rings. The van der Waals surface area contributed by atoms with E-state index in [4.69, 9.17) is 28.9 Å². The summed E-state index contributed by atoms with van der Waals surface area (Å²) in [5.41, 5.74) is 9.07. The largest absolute Gasteiger partial charge is 0.367 e. The van der Waals surface area contributed by atoms with Crippen molar-refractivity contribution in [1.29, 1.82) is 0 Å². The Morgan fingerprint density at radius 3 is 2.47 bits per heavy atom. The predicted molar refractivity (Wildman–Crippen MR) is 125 cm³/mol. The van der Waals surface area contributed by atoms with Gasteiger partial charge in [0.05, 0.1) is 5.02 Å². The number of halogens is 2. The Kier molecular flexibility index (Phi) is 6.72. The van der Waals surface area contributed by atoms with Gasteiger partial charge in [0, 0.05) is 41.6 Å². The number of aromatic nitrogens is 2. The second kappa shape index (κ2) is 9.65. The van der Waals surface area contributed by atoms with Crippen molar-refractivity contribution >= 4 is 34.8 Å². The quantitative estimate of drug-likeness (QED) is 0.454. The maximum Gasteiger partial charge on any atom is 0.126 e. The van der Waals surface area contributed by atoms with E-state index in [2.05, 4.69) is 20.6 Å². The zero-order valence-corrected chi connectivity index (χ0v) is 18.1. The first-order valence-electron chi connectivity index (χ1n) is 10.2. The molecule has 0 bridgehead atoms. The number of hydrogen-bond acceptors (Lipinski definition) is 5. The number of nitrogens with two attached hydrogens (primary N) is 1. The first kappa shape index (κ1) is 20.9. The van der Waals surface area contributed by atoms with E-state index < -0.39 is 0 Å². The molecule has 30 heavy (non-hydrogen) atoms. The third-order valence-corrected chi connectivity index (χ3v) is 5.99. The van der Waals surface area contributed by atoms with Gasteiger partial charge >= 0.3 is 0 Å². The van der Waals surface area contributed by atoms with Gasteiger partial charge in [0.15, 0.2) is 0 Å². The van der Waals surface area contributed by atoms with Crippen LogP contribution in [0.3, 0.4) is 0 Å². The lowest BCUT2D eigenvalue weighted by Crippen LogP contribution is -2.33. The number of hydrogen-bond donors (Lipinski definition) is 3. The van der Waals surface area contributed by atoms with E-state index in [1.807, 2.05) is 42.5 Å². The lowest BCUT2D eigenvalue weighted by Gasteiger charge is -2.27. The number of benzene rings is 1. The molecule has 1 aliphatic carbocycles. The summed E-state index contributed by atoms with van der Waals surface area (Å²) in [6.07, 6.45) is 7.71. The summed E-state index contributed by atoms with van der Waals surface area (Å²) in [6, 6.07) is 14.5. The molecule has 4 N–H and O–H groups in total. The van der Waals surface area contributed by atoms with Gasteiger partial charge in [-0.2, -0.15) is 0 Å². The number of nitrogens with one attached hydrogen (secondary N) is 2. The highest BCUT2D eigenvalue weighted by Gasteiger charge is 2.19. The van der Waals surface area contributed by atoms with Crippen molar-refractivity contribution in [2.45, 2.75) is 44.3 Å². The third-order valence-electron chi connectivity index (χ3n) is 5.44. The predicted octanol–water partition coefficient (Wildman–Crippen LogP) is 5.74. The number of anilines is 2. The highest BCUT2D eigenvalue weighted by Crippen LogP contribution is 2.31. The zero-order chi connectivity index (χ0) is 20.9. The van der Waals surface area contributed by atoms with Gasteiger partial charge in [0.1, 0.15) is 11.6 Å². The Labute approximate surface area is 187 Å². The van der Waals surface area contributed by atoms with Crippen molar-refractivity contribution in [1.82, 2.24) is 9.97 Å². The molecule has 0 amide bonds. The van der Waals surface area contributed by atoms with Crippen LogP contribution in [0.2, 0.25) is 10.0 Å². The average Bonchev–Trinajstić information content (AvgIpc) is 2.76. The molecule has 1 aliphatic rings. The zero-order valence-electron chi connectivity index (χ0n) is 16.6. The highest BCUT2D eigenvalue weighted by molar-refractivity contribution is 6.33. The summed E-state index contributed by atoms with van der Waals surface area (Å²) in [5, 5.41) is 8.23. The fourth-order valence-electron chi connectivity index (χ4n) is 3.70. The molecule has 0 aliphatic heterocycles. The molecule has 156 valence electrons. The lowest BCUT2D eigenvalue weighted by atomic mass is 9.92. The van der Waals surface area contributed by atoms with E-state index in [0.29, 0.717) is 23.7 Å². The number of nitrogens with zero attached hydrogens (tertiary/aromatic N) is 2. The molecule has 0 spiro atoms. The van der Waals surface area contributed by atoms with Crippen LogP contribution in [0.4, 0.5) is 11.6 Å². The molecule has 7 heteroatoms. The summed E-state index contributed by atoms with van der Waals surface area (Å²) < 4.78 is 0. The van der Waals surface area contributed by atoms with Gasteiger partial charge in [-0.1, -0.05) is 35.3 Å². The van der Waals surface area contributed by atoms with Gasteiger partial charge in [-0.25, -0.2) is 9.97 Å². The fraction of sp³-hybridized carbons (Fsp3) is 0.304. The average molecular weight is 442 g/mol. The summed E-state index contributed by atoms with van der Waals surface area (Å²) in [5.74, 6) is 1.62. The Hall–Kier alpha value is -2.34. The molecule has 0 atom stereocenters. The summed E-state index contributed by atoms with van der Waals surface area (Å²) in [6.45, 7) is 0.661. The summed E-state index contributed by atoms with van der Waals surface area (Å²) >= 11 is 12.4. The second-order valence-corrected chi connectivity index (χ2v) is 8.56. The minimum absolute atomic E-state index is 0.326. The van der Waals surface area contributed by atoms with E-state index in [-0.39, 0.29) is 0 Å². The first-order valence-corrected chi connectivity index (χ1v) is 10.9. The molecule has 0 radical (unpaired) electrons. The fourth-order valence-corrected chi connectivity index (χ4v) is 4.04. The van der Waals surface area contributed by atoms with Crippen LogP contribution >= 0.6 is 23.2 Å². The molecular formula is C23H25Cl2N5. The molecule has 3 aromatic rings. The highest BCUT2D eigenvalue weighted by atomic mass is 35.5. The standard InChI is InChI=1S/C23H25Cl2N5/c24-17-3-1-15(2-4-17)13-28-22-11-16(9-10-27-22)20-12-23(29-14-21(20)25)30-19-7-5-18(26)6-8-19/h1-4,9-12,14,18-19H,5-8,13,26H2,(H,27,28)(H,29,30). The Morgan fingerprint density at radius 1 is 0.933 bits per heavy atom. The molecule has 0 saturated heterocycles. The molecule has 2 heterocycles.